The van der Waals surface area contributed by atoms with Gasteiger partial charge in [0.2, 0.25) is 5.91 Å². The standard InChI is InChI=1S/C25H33N7O.ClH/c1-16-14-32-22(28-23(16)31-12-10-19(26)15-31)13-21(29-32)17(2)30(3)24(33)25(27)11-6-8-18-7-4-5-9-20(18)25;/h4-5,7,9,13-14,17,19H,6,8,10-12,15,26-27H2,1-3H3;1H/t17-,19-,25?;/m0./s1. The summed E-state index contributed by atoms with van der Waals surface area (Å²) in [4.78, 5) is 22.5. The van der Waals surface area contributed by atoms with Gasteiger partial charge in [-0.25, -0.2) is 9.50 Å². The smallest absolute Gasteiger partial charge is 0.247 e. The lowest BCUT2D eigenvalue weighted by Gasteiger charge is -2.38. The van der Waals surface area contributed by atoms with Gasteiger partial charge in [0.15, 0.2) is 5.65 Å². The minimum atomic E-state index is -1.01. The van der Waals surface area contributed by atoms with Crippen molar-refractivity contribution in [1.82, 2.24) is 19.5 Å². The Kier molecular flexibility index (Phi) is 6.59. The fourth-order valence-electron chi connectivity index (χ4n) is 5.30. The Bertz CT molecular complexity index is 1210. The van der Waals surface area contributed by atoms with Gasteiger partial charge in [-0.1, -0.05) is 24.3 Å². The van der Waals surface area contributed by atoms with Crippen LogP contribution in [0, 0.1) is 6.92 Å². The highest BCUT2D eigenvalue weighted by Crippen LogP contribution is 2.36. The van der Waals surface area contributed by atoms with Gasteiger partial charge >= 0.3 is 0 Å². The maximum atomic E-state index is 13.7. The number of hydrogen-bond acceptors (Lipinski definition) is 6. The molecule has 1 unspecified atom stereocenters. The topological polar surface area (TPSA) is 106 Å². The number of nitrogens with two attached hydrogens (primary N) is 2. The Morgan fingerprint density at radius 3 is 2.82 bits per heavy atom. The summed E-state index contributed by atoms with van der Waals surface area (Å²) < 4.78 is 1.80. The molecule has 4 N–H and O–H groups in total. The summed E-state index contributed by atoms with van der Waals surface area (Å²) in [6.45, 7) is 5.77. The molecule has 0 spiro atoms. The number of aromatic nitrogens is 3. The monoisotopic (exact) mass is 483 g/mol. The fraction of sp³-hybridized carbons (Fsp3) is 0.480. The minimum Gasteiger partial charge on any atom is -0.355 e. The molecule has 1 aliphatic carbocycles. The Labute approximate surface area is 206 Å². The van der Waals surface area contributed by atoms with Crippen LogP contribution < -0.4 is 16.4 Å². The molecule has 3 heterocycles. The Morgan fingerprint density at radius 1 is 1.32 bits per heavy atom. The maximum absolute atomic E-state index is 13.7. The molecular formula is C25H34ClN7O. The molecule has 0 saturated carbocycles. The van der Waals surface area contributed by atoms with Crippen LogP contribution in [-0.4, -0.2) is 51.6 Å². The van der Waals surface area contributed by atoms with Crippen LogP contribution >= 0.6 is 12.4 Å². The van der Waals surface area contributed by atoms with Gasteiger partial charge in [0.1, 0.15) is 11.4 Å². The van der Waals surface area contributed by atoms with E-state index in [1.165, 1.54) is 5.56 Å². The highest BCUT2D eigenvalue weighted by Gasteiger charge is 2.42. The van der Waals surface area contributed by atoms with E-state index >= 15 is 0 Å². The second-order valence-corrected chi connectivity index (χ2v) is 9.69. The number of benzene rings is 1. The van der Waals surface area contributed by atoms with Crippen LogP contribution in [0.5, 0.6) is 0 Å². The molecule has 182 valence electrons. The van der Waals surface area contributed by atoms with Gasteiger partial charge in [0.05, 0.1) is 11.7 Å². The van der Waals surface area contributed by atoms with Crippen LogP contribution in [0.4, 0.5) is 5.82 Å². The number of halogens is 1. The molecule has 9 heteroatoms. The number of hydrogen-bond donors (Lipinski definition) is 2. The third kappa shape index (κ3) is 4.04. The van der Waals surface area contributed by atoms with Crippen molar-refractivity contribution < 1.29 is 4.79 Å². The summed E-state index contributed by atoms with van der Waals surface area (Å²) >= 11 is 0. The quantitative estimate of drug-likeness (QED) is 0.591. The van der Waals surface area contributed by atoms with E-state index in [1.807, 2.05) is 51.4 Å². The van der Waals surface area contributed by atoms with Gasteiger partial charge in [-0.2, -0.15) is 5.10 Å². The highest BCUT2D eigenvalue weighted by molar-refractivity contribution is 5.88. The van der Waals surface area contributed by atoms with E-state index in [4.69, 9.17) is 21.5 Å². The van der Waals surface area contributed by atoms with Crippen LogP contribution in [0.3, 0.4) is 0 Å². The molecule has 0 radical (unpaired) electrons. The largest absolute Gasteiger partial charge is 0.355 e. The summed E-state index contributed by atoms with van der Waals surface area (Å²) in [6.07, 6.45) is 5.49. The zero-order valence-corrected chi connectivity index (χ0v) is 20.9. The fourth-order valence-corrected chi connectivity index (χ4v) is 5.30. The van der Waals surface area contributed by atoms with Crippen LogP contribution in [-0.2, 0) is 16.8 Å². The van der Waals surface area contributed by atoms with Crippen molar-refractivity contribution in [3.05, 3.63) is 58.9 Å². The number of rotatable bonds is 4. The summed E-state index contributed by atoms with van der Waals surface area (Å²) in [5.74, 6) is 0.883. The summed E-state index contributed by atoms with van der Waals surface area (Å²) in [5, 5.41) is 4.75. The third-order valence-corrected chi connectivity index (χ3v) is 7.37. The molecule has 1 fully saturated rings. The van der Waals surface area contributed by atoms with Gasteiger partial charge < -0.3 is 21.3 Å². The zero-order valence-electron chi connectivity index (χ0n) is 20.1. The first-order chi connectivity index (χ1) is 15.8. The molecule has 1 amide bonds. The van der Waals surface area contributed by atoms with E-state index in [-0.39, 0.29) is 30.4 Å². The molecule has 1 aliphatic heterocycles. The first kappa shape index (κ1) is 24.4. The summed E-state index contributed by atoms with van der Waals surface area (Å²) in [5.41, 5.74) is 16.6. The molecule has 3 aromatic rings. The van der Waals surface area contributed by atoms with Crippen LogP contribution in [0.1, 0.15) is 54.6 Å². The van der Waals surface area contributed by atoms with Crippen molar-refractivity contribution in [3.63, 3.8) is 0 Å². The van der Waals surface area contributed by atoms with Crippen molar-refractivity contribution in [2.75, 3.05) is 25.0 Å². The third-order valence-electron chi connectivity index (χ3n) is 7.37. The zero-order chi connectivity index (χ0) is 23.3. The molecule has 8 nitrogen and oxygen atoms in total. The van der Waals surface area contributed by atoms with E-state index in [2.05, 4.69) is 11.0 Å². The number of carbonyl (C=O) groups is 1. The number of aryl methyl sites for hydroxylation is 2. The van der Waals surface area contributed by atoms with E-state index < -0.39 is 5.54 Å². The van der Waals surface area contributed by atoms with Crippen molar-refractivity contribution in [2.24, 2.45) is 11.5 Å². The molecule has 1 aromatic carbocycles. The van der Waals surface area contributed by atoms with Gasteiger partial charge in [-0.15, -0.1) is 12.4 Å². The predicted octanol–water partition coefficient (Wildman–Crippen LogP) is 2.71. The molecule has 34 heavy (non-hydrogen) atoms. The van der Waals surface area contributed by atoms with Gasteiger partial charge in [-0.3, -0.25) is 4.79 Å². The first-order valence-corrected chi connectivity index (χ1v) is 11.8. The lowest BCUT2D eigenvalue weighted by molar-refractivity contribution is -0.138. The van der Waals surface area contributed by atoms with Gasteiger partial charge in [0, 0.05) is 44.0 Å². The highest BCUT2D eigenvalue weighted by atomic mass is 35.5. The predicted molar refractivity (Wildman–Crippen MR) is 136 cm³/mol. The second-order valence-electron chi connectivity index (χ2n) is 9.69. The molecular weight excluding hydrogens is 450 g/mol. The van der Waals surface area contributed by atoms with Crippen LogP contribution in [0.15, 0.2) is 36.5 Å². The number of carbonyl (C=O) groups excluding carboxylic acids is 1. The molecule has 1 saturated heterocycles. The lowest BCUT2D eigenvalue weighted by Crippen LogP contribution is -2.54. The Morgan fingerprint density at radius 2 is 2.09 bits per heavy atom. The molecule has 2 aromatic heterocycles. The normalized spacial score (nSPS) is 22.9. The molecule has 0 bridgehead atoms. The number of amides is 1. The van der Waals surface area contributed by atoms with Crippen molar-refractivity contribution in [2.45, 2.75) is 57.2 Å². The summed E-state index contributed by atoms with van der Waals surface area (Å²) in [7, 11) is 1.82. The lowest BCUT2D eigenvalue weighted by atomic mass is 9.76. The Hall–Kier alpha value is -2.68. The average Bonchev–Trinajstić information content (AvgIpc) is 3.43. The van der Waals surface area contributed by atoms with E-state index in [0.29, 0.717) is 6.42 Å². The summed E-state index contributed by atoms with van der Waals surface area (Å²) in [6, 6.07) is 9.96. The van der Waals surface area contributed by atoms with Crippen molar-refractivity contribution >= 4 is 29.8 Å². The van der Waals surface area contributed by atoms with Crippen LogP contribution in [0.2, 0.25) is 0 Å². The number of likely N-dealkylation sites (N-methyl/N-ethyl adjacent to an activating group) is 1. The number of nitrogens with zero attached hydrogens (tertiary/aromatic N) is 5. The minimum absolute atomic E-state index is 0. The van der Waals surface area contributed by atoms with E-state index in [9.17, 15) is 4.79 Å². The average molecular weight is 484 g/mol. The van der Waals surface area contributed by atoms with E-state index in [0.717, 1.165) is 60.6 Å². The number of anilines is 1. The van der Waals surface area contributed by atoms with Gasteiger partial charge in [0.25, 0.3) is 0 Å². The van der Waals surface area contributed by atoms with Crippen molar-refractivity contribution in [3.8, 4) is 0 Å². The van der Waals surface area contributed by atoms with Crippen LogP contribution in [0.25, 0.3) is 5.65 Å². The molecule has 3 atom stereocenters. The molecule has 5 rings (SSSR count). The SMILES string of the molecule is Cc1cn2nc([C@H](C)N(C)C(=O)C3(N)CCCc4ccccc43)cc2nc1N1CC[C@H](N)C1.Cl. The van der Waals surface area contributed by atoms with Crippen molar-refractivity contribution in [1.29, 1.82) is 0 Å². The number of fused-ring (bicyclic) bond motifs is 2. The second kappa shape index (κ2) is 9.17. The first-order valence-electron chi connectivity index (χ1n) is 11.8. The Balaban J connectivity index is 0.00000274. The maximum Gasteiger partial charge on any atom is 0.247 e. The van der Waals surface area contributed by atoms with E-state index in [1.54, 1.807) is 9.42 Å². The molecule has 2 aliphatic rings. The van der Waals surface area contributed by atoms with Gasteiger partial charge in [-0.05, 0) is 50.7 Å².